The molecule has 0 bridgehead atoms. The van der Waals surface area contributed by atoms with Gasteiger partial charge in [-0.25, -0.2) is 4.39 Å². The molecule has 0 aliphatic carbocycles. The van der Waals surface area contributed by atoms with Crippen LogP contribution in [-0.4, -0.2) is 47.8 Å². The maximum atomic E-state index is 13.2. The third-order valence-corrected chi connectivity index (χ3v) is 5.57. The van der Waals surface area contributed by atoms with Crippen molar-refractivity contribution < 1.29 is 9.50 Å². The van der Waals surface area contributed by atoms with Gasteiger partial charge in [0.2, 0.25) is 0 Å². The van der Waals surface area contributed by atoms with Crippen molar-refractivity contribution in [3.63, 3.8) is 0 Å². The fourth-order valence-corrected chi connectivity index (χ4v) is 3.90. The van der Waals surface area contributed by atoms with E-state index in [0.717, 1.165) is 50.3 Å². The van der Waals surface area contributed by atoms with E-state index in [1.807, 2.05) is 19.9 Å². The van der Waals surface area contributed by atoms with E-state index in [0.29, 0.717) is 12.0 Å². The molecule has 0 saturated carbocycles. The lowest BCUT2D eigenvalue weighted by Gasteiger charge is -2.38. The second kappa shape index (κ2) is 5.82. The highest BCUT2D eigenvalue weighted by Gasteiger charge is 2.41. The molecule has 2 aliphatic rings. The van der Waals surface area contributed by atoms with Gasteiger partial charge in [0.15, 0.2) is 0 Å². The molecule has 4 heteroatoms. The highest BCUT2D eigenvalue weighted by Crippen LogP contribution is 2.32. The highest BCUT2D eigenvalue weighted by molar-refractivity contribution is 5.53. The summed E-state index contributed by atoms with van der Waals surface area (Å²) in [6.45, 7) is 9.85. The quantitative estimate of drug-likeness (QED) is 0.910. The fraction of sp³-hybridized carbons (Fsp3) is 0.667. The summed E-state index contributed by atoms with van der Waals surface area (Å²) < 4.78 is 13.2. The van der Waals surface area contributed by atoms with E-state index in [2.05, 4.69) is 16.7 Å². The van der Waals surface area contributed by atoms with Gasteiger partial charge in [0.25, 0.3) is 0 Å². The Balaban J connectivity index is 1.61. The Morgan fingerprint density at radius 2 is 1.95 bits per heavy atom. The van der Waals surface area contributed by atoms with Crippen LogP contribution in [0.25, 0.3) is 0 Å². The maximum Gasteiger partial charge on any atom is 0.123 e. The fourth-order valence-electron chi connectivity index (χ4n) is 3.90. The lowest BCUT2D eigenvalue weighted by Crippen LogP contribution is -2.45. The van der Waals surface area contributed by atoms with Crippen LogP contribution in [-0.2, 0) is 0 Å². The van der Waals surface area contributed by atoms with Crippen molar-refractivity contribution in [2.75, 3.05) is 31.1 Å². The molecule has 0 spiro atoms. The molecule has 22 heavy (non-hydrogen) atoms. The van der Waals surface area contributed by atoms with Crippen molar-refractivity contribution in [3.8, 4) is 0 Å². The summed E-state index contributed by atoms with van der Waals surface area (Å²) in [6, 6.07) is 5.62. The first-order chi connectivity index (χ1) is 10.4. The van der Waals surface area contributed by atoms with Crippen LogP contribution in [0.3, 0.4) is 0 Å². The summed E-state index contributed by atoms with van der Waals surface area (Å²) in [4.78, 5) is 4.82. The predicted molar refractivity (Wildman–Crippen MR) is 87.7 cm³/mol. The van der Waals surface area contributed by atoms with Crippen LogP contribution < -0.4 is 4.90 Å². The van der Waals surface area contributed by atoms with E-state index in [1.165, 1.54) is 0 Å². The van der Waals surface area contributed by atoms with Gasteiger partial charge < -0.3 is 10.0 Å². The van der Waals surface area contributed by atoms with E-state index in [-0.39, 0.29) is 5.82 Å². The van der Waals surface area contributed by atoms with Crippen molar-refractivity contribution in [1.29, 1.82) is 0 Å². The number of aryl methyl sites for hydroxylation is 1. The third kappa shape index (κ3) is 2.99. The largest absolute Gasteiger partial charge is 0.389 e. The van der Waals surface area contributed by atoms with Gasteiger partial charge in [-0.3, -0.25) is 4.90 Å². The Labute approximate surface area is 132 Å². The van der Waals surface area contributed by atoms with Crippen LogP contribution in [0.15, 0.2) is 18.2 Å². The van der Waals surface area contributed by atoms with E-state index in [1.54, 1.807) is 12.1 Å². The first kappa shape index (κ1) is 15.8. The summed E-state index contributed by atoms with van der Waals surface area (Å²) in [7, 11) is 0. The van der Waals surface area contributed by atoms with Crippen molar-refractivity contribution in [2.24, 2.45) is 5.92 Å². The number of hydrogen-bond donors (Lipinski definition) is 1. The molecule has 1 aromatic carbocycles. The van der Waals surface area contributed by atoms with Crippen LogP contribution in [0.5, 0.6) is 0 Å². The Hall–Kier alpha value is -1.13. The predicted octanol–water partition coefficient (Wildman–Crippen LogP) is 2.81. The average molecular weight is 306 g/mol. The number of likely N-dealkylation sites (tertiary alicyclic amines) is 1. The molecule has 3 nitrogen and oxygen atoms in total. The van der Waals surface area contributed by atoms with Gasteiger partial charge in [-0.05, 0) is 56.4 Å². The van der Waals surface area contributed by atoms with Crippen LogP contribution in [0.4, 0.5) is 10.1 Å². The molecule has 2 heterocycles. The number of halogens is 1. The molecule has 0 radical (unpaired) electrons. The monoisotopic (exact) mass is 306 g/mol. The summed E-state index contributed by atoms with van der Waals surface area (Å²) >= 11 is 0. The van der Waals surface area contributed by atoms with Crippen LogP contribution in [0.1, 0.15) is 32.3 Å². The number of rotatable bonds is 2. The number of aliphatic hydroxyl groups is 1. The Morgan fingerprint density at radius 3 is 2.50 bits per heavy atom. The molecule has 0 amide bonds. The summed E-state index contributed by atoms with van der Waals surface area (Å²) in [5.41, 5.74) is 1.61. The minimum atomic E-state index is -0.551. The molecule has 122 valence electrons. The number of nitrogens with zero attached hydrogens (tertiary/aromatic N) is 2. The Morgan fingerprint density at radius 1 is 1.27 bits per heavy atom. The van der Waals surface area contributed by atoms with Crippen molar-refractivity contribution in [3.05, 3.63) is 29.6 Å². The number of hydrogen-bond acceptors (Lipinski definition) is 3. The topological polar surface area (TPSA) is 26.7 Å². The maximum absolute atomic E-state index is 13.2. The highest BCUT2D eigenvalue weighted by atomic mass is 19.1. The van der Waals surface area contributed by atoms with Gasteiger partial charge in [-0.15, -0.1) is 0 Å². The molecule has 1 N–H and O–H groups in total. The van der Waals surface area contributed by atoms with Gasteiger partial charge >= 0.3 is 0 Å². The smallest absolute Gasteiger partial charge is 0.123 e. The summed E-state index contributed by atoms with van der Waals surface area (Å²) in [6.07, 6.45) is 2.22. The normalized spacial score (nSPS) is 31.0. The summed E-state index contributed by atoms with van der Waals surface area (Å²) in [5.74, 6) is 0.175. The molecule has 2 aliphatic heterocycles. The molecular weight excluding hydrogens is 279 g/mol. The molecular formula is C18H27FN2O. The number of anilines is 1. The first-order valence-electron chi connectivity index (χ1n) is 8.34. The number of β-amino-alcohol motifs (C(OH)–C–C–N with tert-alkyl or cyclic N) is 1. The number of piperidine rings is 1. The minimum Gasteiger partial charge on any atom is -0.389 e. The van der Waals surface area contributed by atoms with Crippen molar-refractivity contribution in [1.82, 2.24) is 4.90 Å². The lowest BCUT2D eigenvalue weighted by atomic mass is 9.95. The van der Waals surface area contributed by atoms with E-state index < -0.39 is 5.60 Å². The molecule has 0 aromatic heterocycles. The minimum absolute atomic E-state index is 0.163. The van der Waals surface area contributed by atoms with E-state index >= 15 is 0 Å². The van der Waals surface area contributed by atoms with Crippen molar-refractivity contribution >= 4 is 5.69 Å². The standard InChI is InChI=1S/C18H27FN2O/c1-13-10-15(19)4-5-17(13)20-8-6-16(7-9-20)21-11-14(2)18(3,22)12-21/h4-5,10,14,16,22H,6-9,11-12H2,1-3H3/t14-,18+/m0/s1. The van der Waals surface area contributed by atoms with Gasteiger partial charge in [0.05, 0.1) is 5.60 Å². The summed E-state index contributed by atoms with van der Waals surface area (Å²) in [5, 5.41) is 10.4. The lowest BCUT2D eigenvalue weighted by molar-refractivity contribution is 0.0327. The number of benzene rings is 1. The first-order valence-corrected chi connectivity index (χ1v) is 8.34. The van der Waals surface area contributed by atoms with Gasteiger partial charge in [-0.2, -0.15) is 0 Å². The Bertz CT molecular complexity index is 538. The second-order valence-corrected chi connectivity index (χ2v) is 7.34. The molecule has 2 fully saturated rings. The van der Waals surface area contributed by atoms with Crippen LogP contribution in [0, 0.1) is 18.7 Å². The van der Waals surface area contributed by atoms with E-state index in [9.17, 15) is 9.50 Å². The molecule has 0 unspecified atom stereocenters. The average Bonchev–Trinajstić information content (AvgIpc) is 2.73. The van der Waals surface area contributed by atoms with Gasteiger partial charge in [0.1, 0.15) is 5.82 Å². The molecule has 3 rings (SSSR count). The molecule has 2 saturated heterocycles. The molecule has 2 atom stereocenters. The Kier molecular flexibility index (Phi) is 4.17. The van der Waals surface area contributed by atoms with Crippen LogP contribution in [0.2, 0.25) is 0 Å². The zero-order chi connectivity index (χ0) is 15.9. The SMILES string of the molecule is Cc1cc(F)ccc1N1CCC(N2C[C@H](C)[C@](C)(O)C2)CC1. The van der Waals surface area contributed by atoms with Crippen molar-refractivity contribution in [2.45, 2.75) is 45.3 Å². The zero-order valence-electron chi connectivity index (χ0n) is 13.8. The van der Waals surface area contributed by atoms with Gasteiger partial charge in [0, 0.05) is 37.9 Å². The molecule has 1 aromatic rings. The van der Waals surface area contributed by atoms with E-state index in [4.69, 9.17) is 0 Å². The third-order valence-electron chi connectivity index (χ3n) is 5.57. The second-order valence-electron chi connectivity index (χ2n) is 7.34. The zero-order valence-corrected chi connectivity index (χ0v) is 13.8. The van der Waals surface area contributed by atoms with Crippen LogP contribution >= 0.6 is 0 Å². The van der Waals surface area contributed by atoms with Gasteiger partial charge in [-0.1, -0.05) is 6.92 Å².